The third-order valence-corrected chi connectivity index (χ3v) is 5.78. The van der Waals surface area contributed by atoms with Crippen LogP contribution in [0.1, 0.15) is 36.4 Å². The molecule has 0 unspecified atom stereocenters. The average molecular weight is 423 g/mol. The lowest BCUT2D eigenvalue weighted by molar-refractivity contribution is -0.139. The number of ether oxygens (including phenoxy) is 1. The van der Waals surface area contributed by atoms with Gasteiger partial charge < -0.3 is 15.4 Å². The van der Waals surface area contributed by atoms with E-state index in [1.807, 2.05) is 18.2 Å². The number of nitrogens with one attached hydrogen (secondary N) is 2. The number of likely N-dealkylation sites (tertiary alicyclic amines) is 1. The van der Waals surface area contributed by atoms with Gasteiger partial charge in [-0.1, -0.05) is 42.5 Å². The van der Waals surface area contributed by atoms with E-state index in [0.29, 0.717) is 29.3 Å². The Balaban J connectivity index is 1.61. The first-order chi connectivity index (χ1) is 15.0. The molecule has 0 aromatic heterocycles. The molecule has 0 radical (unpaired) electrons. The number of hydrogen-bond donors (Lipinski definition) is 2. The molecule has 4 rings (SSSR count). The van der Waals surface area contributed by atoms with Gasteiger partial charge in [-0.15, -0.1) is 0 Å². The molecule has 0 spiro atoms. The molecule has 0 saturated carbocycles. The van der Waals surface area contributed by atoms with Crippen molar-refractivity contribution in [1.29, 1.82) is 0 Å². The molecule has 7 heteroatoms. The largest absolute Gasteiger partial charge is 0.463 e. The van der Waals surface area contributed by atoms with Gasteiger partial charge in [0.15, 0.2) is 0 Å². The van der Waals surface area contributed by atoms with E-state index in [1.54, 1.807) is 19.1 Å². The van der Waals surface area contributed by atoms with Crippen molar-refractivity contribution in [2.75, 3.05) is 26.2 Å². The number of esters is 1. The molecule has 6 nitrogen and oxygen atoms in total. The summed E-state index contributed by atoms with van der Waals surface area (Å²) < 4.78 is 18.7. The van der Waals surface area contributed by atoms with E-state index in [-0.39, 0.29) is 12.4 Å². The predicted octanol–water partition coefficient (Wildman–Crippen LogP) is 3.49. The third kappa shape index (κ3) is 4.77. The molecule has 162 valence electrons. The first kappa shape index (κ1) is 21.1. The smallest absolute Gasteiger partial charge is 0.338 e. The Labute approximate surface area is 181 Å². The van der Waals surface area contributed by atoms with Gasteiger partial charge >= 0.3 is 12.0 Å². The molecule has 31 heavy (non-hydrogen) atoms. The zero-order valence-electron chi connectivity index (χ0n) is 17.4. The van der Waals surface area contributed by atoms with Crippen LogP contribution in [0.5, 0.6) is 0 Å². The Hall–Kier alpha value is -3.19. The van der Waals surface area contributed by atoms with Crippen LogP contribution in [0.15, 0.2) is 65.9 Å². The van der Waals surface area contributed by atoms with Crippen LogP contribution in [0, 0.1) is 5.82 Å². The standard InChI is InChI=1S/C24H26FN3O3/c1-2-31-23(29)21-20(15-28-13-12-18(14-28)16-6-4-3-5-7-16)26-24(30)27-22(21)17-8-10-19(25)11-9-17/h3-11,18,22H,2,12-15H2,1H3,(H2,26,27,30)/t18-,22-/m0/s1. The zero-order valence-corrected chi connectivity index (χ0v) is 17.4. The molecule has 2 N–H and O–H groups in total. The second-order valence-electron chi connectivity index (χ2n) is 7.83. The summed E-state index contributed by atoms with van der Waals surface area (Å²) in [6.45, 7) is 4.10. The number of halogens is 1. The van der Waals surface area contributed by atoms with Crippen LogP contribution >= 0.6 is 0 Å². The summed E-state index contributed by atoms with van der Waals surface area (Å²) >= 11 is 0. The fourth-order valence-electron chi connectivity index (χ4n) is 4.29. The molecule has 2 aromatic carbocycles. The first-order valence-electron chi connectivity index (χ1n) is 10.6. The number of carbonyl (C=O) groups is 2. The minimum absolute atomic E-state index is 0.222. The van der Waals surface area contributed by atoms with Gasteiger partial charge in [-0.05, 0) is 49.1 Å². The van der Waals surface area contributed by atoms with Crippen molar-refractivity contribution in [1.82, 2.24) is 15.5 Å². The number of urea groups is 1. The van der Waals surface area contributed by atoms with Crippen LogP contribution in [-0.4, -0.2) is 43.1 Å². The van der Waals surface area contributed by atoms with E-state index < -0.39 is 18.0 Å². The van der Waals surface area contributed by atoms with Crippen molar-refractivity contribution in [3.63, 3.8) is 0 Å². The Morgan fingerprint density at radius 2 is 1.87 bits per heavy atom. The highest BCUT2D eigenvalue weighted by Gasteiger charge is 2.35. The average Bonchev–Trinajstić information content (AvgIpc) is 3.23. The highest BCUT2D eigenvalue weighted by Crippen LogP contribution is 2.31. The summed E-state index contributed by atoms with van der Waals surface area (Å²) in [4.78, 5) is 27.5. The van der Waals surface area contributed by atoms with Crippen LogP contribution < -0.4 is 10.6 Å². The van der Waals surface area contributed by atoms with E-state index >= 15 is 0 Å². The van der Waals surface area contributed by atoms with Crippen LogP contribution in [0.3, 0.4) is 0 Å². The van der Waals surface area contributed by atoms with E-state index in [0.717, 1.165) is 19.5 Å². The second-order valence-corrected chi connectivity index (χ2v) is 7.83. The Morgan fingerprint density at radius 3 is 2.58 bits per heavy atom. The van der Waals surface area contributed by atoms with Crippen LogP contribution in [0.25, 0.3) is 0 Å². The maximum absolute atomic E-state index is 13.4. The van der Waals surface area contributed by atoms with Gasteiger partial charge in [-0.2, -0.15) is 0 Å². The molecule has 0 aliphatic carbocycles. The van der Waals surface area contributed by atoms with Crippen molar-refractivity contribution in [2.45, 2.75) is 25.3 Å². The quantitative estimate of drug-likeness (QED) is 0.698. The van der Waals surface area contributed by atoms with Gasteiger partial charge in [0, 0.05) is 18.8 Å². The molecule has 2 aromatic rings. The zero-order chi connectivity index (χ0) is 21.8. The molecule has 0 bridgehead atoms. The van der Waals surface area contributed by atoms with Gasteiger partial charge in [0.2, 0.25) is 0 Å². The monoisotopic (exact) mass is 423 g/mol. The Kier molecular flexibility index (Phi) is 6.32. The third-order valence-electron chi connectivity index (χ3n) is 5.78. The van der Waals surface area contributed by atoms with Gasteiger partial charge in [0.05, 0.1) is 18.2 Å². The Morgan fingerprint density at radius 1 is 1.13 bits per heavy atom. The number of amides is 2. The van der Waals surface area contributed by atoms with E-state index in [2.05, 4.69) is 27.7 Å². The lowest BCUT2D eigenvalue weighted by Gasteiger charge is -2.31. The maximum Gasteiger partial charge on any atom is 0.338 e. The predicted molar refractivity (Wildman–Crippen MR) is 115 cm³/mol. The summed E-state index contributed by atoms with van der Waals surface area (Å²) in [6.07, 6.45) is 1.01. The minimum Gasteiger partial charge on any atom is -0.463 e. The minimum atomic E-state index is -0.698. The first-order valence-corrected chi connectivity index (χ1v) is 10.6. The molecule has 1 fully saturated rings. The van der Waals surface area contributed by atoms with Gasteiger partial charge in [0.1, 0.15) is 5.82 Å². The lowest BCUT2D eigenvalue weighted by Crippen LogP contribution is -2.48. The lowest BCUT2D eigenvalue weighted by atomic mass is 9.95. The fourth-order valence-corrected chi connectivity index (χ4v) is 4.29. The van der Waals surface area contributed by atoms with E-state index in [4.69, 9.17) is 4.74 Å². The molecule has 2 aliphatic heterocycles. The molecule has 2 aliphatic rings. The summed E-state index contributed by atoms with van der Waals surface area (Å²) in [7, 11) is 0. The topological polar surface area (TPSA) is 70.7 Å². The summed E-state index contributed by atoms with van der Waals surface area (Å²) in [5.74, 6) is -0.453. The second kappa shape index (κ2) is 9.31. The highest BCUT2D eigenvalue weighted by molar-refractivity contribution is 5.95. The summed E-state index contributed by atoms with van der Waals surface area (Å²) in [5, 5.41) is 5.59. The van der Waals surface area contributed by atoms with Crippen molar-refractivity contribution < 1.29 is 18.7 Å². The van der Waals surface area contributed by atoms with Crippen molar-refractivity contribution in [3.8, 4) is 0 Å². The molecule has 1 saturated heterocycles. The van der Waals surface area contributed by atoms with Gasteiger partial charge in [0.25, 0.3) is 0 Å². The highest BCUT2D eigenvalue weighted by atomic mass is 19.1. The van der Waals surface area contributed by atoms with Gasteiger partial charge in [-0.3, -0.25) is 4.90 Å². The SMILES string of the molecule is CCOC(=O)C1=C(CN2CC[C@H](c3ccccc3)C2)NC(=O)N[C@H]1c1ccc(F)cc1. The molecule has 2 heterocycles. The maximum atomic E-state index is 13.4. The number of carbonyl (C=O) groups excluding carboxylic acids is 2. The van der Waals surface area contributed by atoms with Crippen LogP contribution in [-0.2, 0) is 9.53 Å². The van der Waals surface area contributed by atoms with Crippen molar-refractivity contribution in [2.24, 2.45) is 0 Å². The molecule has 2 amide bonds. The number of rotatable bonds is 6. The van der Waals surface area contributed by atoms with Crippen molar-refractivity contribution in [3.05, 3.63) is 82.8 Å². The normalized spacial score (nSPS) is 21.5. The summed E-state index contributed by atoms with van der Waals surface area (Å²) in [5.41, 5.74) is 2.81. The van der Waals surface area contributed by atoms with Crippen LogP contribution in [0.4, 0.5) is 9.18 Å². The van der Waals surface area contributed by atoms with Crippen molar-refractivity contribution >= 4 is 12.0 Å². The molecule has 2 atom stereocenters. The molecular formula is C24H26FN3O3. The van der Waals surface area contributed by atoms with E-state index in [9.17, 15) is 14.0 Å². The number of hydrogen-bond acceptors (Lipinski definition) is 4. The molecular weight excluding hydrogens is 397 g/mol. The number of nitrogens with zero attached hydrogens (tertiary/aromatic N) is 1. The fraction of sp³-hybridized carbons (Fsp3) is 0.333. The number of benzene rings is 2. The van der Waals surface area contributed by atoms with Crippen LogP contribution in [0.2, 0.25) is 0 Å². The summed E-state index contributed by atoms with van der Waals surface area (Å²) in [6, 6.07) is 15.0. The van der Waals surface area contributed by atoms with E-state index in [1.165, 1.54) is 17.7 Å². The Bertz CT molecular complexity index is 975. The van der Waals surface area contributed by atoms with Gasteiger partial charge in [-0.25, -0.2) is 14.0 Å².